The molecular weight excluding hydrogens is 408 g/mol. The van der Waals surface area contributed by atoms with Crippen LogP contribution in [0.2, 0.25) is 0 Å². The molecule has 160 valence electrons. The average molecular weight is 435 g/mol. The standard InChI is InChI=1S/C24H26N4O2S/c1-15(29)11-23-26-27-24(31-23)19-4-3-17-5-8-28(9-6-18(17)12-19)16(2)20-13-22-21(25-14-20)7-10-30-22/h3-4,12-14,16H,5-11H2,1-2H3. The Labute approximate surface area is 186 Å². The first-order chi connectivity index (χ1) is 15.1. The number of benzene rings is 1. The van der Waals surface area contributed by atoms with Crippen molar-refractivity contribution in [2.45, 2.75) is 45.6 Å². The highest BCUT2D eigenvalue weighted by molar-refractivity contribution is 7.14. The molecule has 0 saturated heterocycles. The van der Waals surface area contributed by atoms with Crippen LogP contribution in [0.4, 0.5) is 0 Å². The molecule has 0 fully saturated rings. The average Bonchev–Trinajstić information content (AvgIpc) is 3.37. The van der Waals surface area contributed by atoms with Crippen molar-refractivity contribution in [3.05, 3.63) is 57.9 Å². The second kappa shape index (κ2) is 8.48. The summed E-state index contributed by atoms with van der Waals surface area (Å²) < 4.78 is 5.72. The molecule has 0 saturated carbocycles. The van der Waals surface area contributed by atoms with E-state index in [9.17, 15) is 4.79 Å². The molecule has 5 rings (SSSR count). The molecule has 0 radical (unpaired) electrons. The fourth-order valence-corrected chi connectivity index (χ4v) is 5.32. The third kappa shape index (κ3) is 4.25. The van der Waals surface area contributed by atoms with Crippen LogP contribution >= 0.6 is 11.3 Å². The number of hydrogen-bond acceptors (Lipinski definition) is 7. The van der Waals surface area contributed by atoms with E-state index in [1.807, 2.05) is 6.20 Å². The van der Waals surface area contributed by atoms with Gasteiger partial charge in [-0.1, -0.05) is 23.5 Å². The molecular formula is C24H26N4O2S. The molecule has 0 bridgehead atoms. The third-order valence-electron chi connectivity index (χ3n) is 6.24. The van der Waals surface area contributed by atoms with Crippen molar-refractivity contribution in [1.82, 2.24) is 20.1 Å². The van der Waals surface area contributed by atoms with Gasteiger partial charge in [0.05, 0.1) is 18.7 Å². The van der Waals surface area contributed by atoms with E-state index in [0.717, 1.165) is 66.0 Å². The van der Waals surface area contributed by atoms with Gasteiger partial charge in [-0.05, 0) is 55.5 Å². The minimum atomic E-state index is 0.115. The van der Waals surface area contributed by atoms with Gasteiger partial charge in [0.1, 0.15) is 21.5 Å². The topological polar surface area (TPSA) is 68.2 Å². The molecule has 2 aromatic heterocycles. The van der Waals surface area contributed by atoms with Crippen molar-refractivity contribution in [2.75, 3.05) is 19.7 Å². The summed E-state index contributed by atoms with van der Waals surface area (Å²) >= 11 is 1.51. The van der Waals surface area contributed by atoms with Crippen LogP contribution in [0, 0.1) is 0 Å². The van der Waals surface area contributed by atoms with Crippen LogP contribution in [0.1, 0.15) is 47.3 Å². The van der Waals surface area contributed by atoms with E-state index < -0.39 is 0 Å². The number of fused-ring (bicyclic) bond motifs is 2. The van der Waals surface area contributed by atoms with Gasteiger partial charge in [-0.2, -0.15) is 0 Å². The summed E-state index contributed by atoms with van der Waals surface area (Å²) in [5.74, 6) is 1.07. The van der Waals surface area contributed by atoms with E-state index in [4.69, 9.17) is 4.74 Å². The van der Waals surface area contributed by atoms with Gasteiger partial charge in [-0.3, -0.25) is 14.7 Å². The summed E-state index contributed by atoms with van der Waals surface area (Å²) in [4.78, 5) is 18.5. The zero-order valence-electron chi connectivity index (χ0n) is 17.9. The second-order valence-corrected chi connectivity index (χ2v) is 9.45. The van der Waals surface area contributed by atoms with Crippen LogP contribution in [0.25, 0.3) is 10.6 Å². The lowest BCUT2D eigenvalue weighted by molar-refractivity contribution is -0.116. The number of carbonyl (C=O) groups excluding carboxylic acids is 1. The van der Waals surface area contributed by atoms with Crippen LogP contribution in [-0.2, 0) is 30.5 Å². The van der Waals surface area contributed by atoms with E-state index in [1.165, 1.54) is 28.0 Å². The number of aromatic nitrogens is 3. The van der Waals surface area contributed by atoms with Crippen molar-refractivity contribution < 1.29 is 9.53 Å². The molecule has 3 aromatic rings. The van der Waals surface area contributed by atoms with Crippen molar-refractivity contribution in [3.63, 3.8) is 0 Å². The van der Waals surface area contributed by atoms with E-state index in [-0.39, 0.29) is 5.78 Å². The monoisotopic (exact) mass is 434 g/mol. The predicted molar refractivity (Wildman–Crippen MR) is 121 cm³/mol. The highest BCUT2D eigenvalue weighted by Gasteiger charge is 2.23. The van der Waals surface area contributed by atoms with E-state index in [1.54, 1.807) is 6.92 Å². The lowest BCUT2D eigenvalue weighted by Crippen LogP contribution is -2.29. The number of ether oxygens (including phenoxy) is 1. The number of ketones is 1. The van der Waals surface area contributed by atoms with E-state index in [0.29, 0.717) is 12.5 Å². The molecule has 31 heavy (non-hydrogen) atoms. The van der Waals surface area contributed by atoms with E-state index in [2.05, 4.69) is 51.3 Å². The molecule has 0 spiro atoms. The lowest BCUT2D eigenvalue weighted by atomic mass is 10.0. The van der Waals surface area contributed by atoms with Crippen molar-refractivity contribution in [1.29, 1.82) is 0 Å². The number of Topliss-reactive ketones (excluding diaryl/α,β-unsaturated/α-hetero) is 1. The summed E-state index contributed by atoms with van der Waals surface area (Å²) in [6.07, 6.45) is 5.32. The molecule has 6 nitrogen and oxygen atoms in total. The van der Waals surface area contributed by atoms with Gasteiger partial charge in [0, 0.05) is 37.3 Å². The normalized spacial score (nSPS) is 16.8. The Morgan fingerprint density at radius 2 is 2.00 bits per heavy atom. The second-order valence-electron chi connectivity index (χ2n) is 8.39. The van der Waals surface area contributed by atoms with Crippen molar-refractivity contribution in [3.8, 4) is 16.3 Å². The highest BCUT2D eigenvalue weighted by Crippen LogP contribution is 2.31. The molecule has 1 aromatic carbocycles. The first-order valence-electron chi connectivity index (χ1n) is 10.9. The summed E-state index contributed by atoms with van der Waals surface area (Å²) in [7, 11) is 0. The molecule has 0 aliphatic carbocycles. The van der Waals surface area contributed by atoms with Gasteiger partial charge in [0.15, 0.2) is 0 Å². The van der Waals surface area contributed by atoms with Crippen LogP contribution in [0.15, 0.2) is 30.5 Å². The van der Waals surface area contributed by atoms with Gasteiger partial charge in [0.2, 0.25) is 0 Å². The van der Waals surface area contributed by atoms with Gasteiger partial charge in [-0.15, -0.1) is 10.2 Å². The fraction of sp³-hybridized carbons (Fsp3) is 0.417. The third-order valence-corrected chi connectivity index (χ3v) is 7.21. The Hall–Kier alpha value is -2.64. The maximum absolute atomic E-state index is 11.4. The van der Waals surface area contributed by atoms with Crippen LogP contribution < -0.4 is 4.74 Å². The van der Waals surface area contributed by atoms with Crippen LogP contribution in [-0.4, -0.2) is 45.6 Å². The number of rotatable bonds is 5. The summed E-state index contributed by atoms with van der Waals surface area (Å²) in [5.41, 5.74) is 6.18. The van der Waals surface area contributed by atoms with Crippen LogP contribution in [0.5, 0.6) is 5.75 Å². The highest BCUT2D eigenvalue weighted by atomic mass is 32.1. The Bertz CT molecular complexity index is 1130. The van der Waals surface area contributed by atoms with Gasteiger partial charge < -0.3 is 4.74 Å². The quantitative estimate of drug-likeness (QED) is 0.608. The minimum Gasteiger partial charge on any atom is -0.491 e. The zero-order chi connectivity index (χ0) is 21.4. The maximum atomic E-state index is 11.4. The Morgan fingerprint density at radius 1 is 1.16 bits per heavy atom. The SMILES string of the molecule is CC(=O)Cc1nnc(-c2ccc3c(c2)CCN(C(C)c2cnc4c(c2)OCC4)CC3)s1. The largest absolute Gasteiger partial charge is 0.491 e. The molecule has 0 N–H and O–H groups in total. The smallest absolute Gasteiger partial charge is 0.147 e. The summed E-state index contributed by atoms with van der Waals surface area (Å²) in [6, 6.07) is 9.09. The Kier molecular flexibility index (Phi) is 5.54. The predicted octanol–water partition coefficient (Wildman–Crippen LogP) is 3.83. The summed E-state index contributed by atoms with van der Waals surface area (Å²) in [5, 5.41) is 10.2. The maximum Gasteiger partial charge on any atom is 0.147 e. The zero-order valence-corrected chi connectivity index (χ0v) is 18.7. The lowest BCUT2D eigenvalue weighted by Gasteiger charge is -2.27. The molecule has 0 amide bonds. The Morgan fingerprint density at radius 3 is 2.84 bits per heavy atom. The van der Waals surface area contributed by atoms with Crippen molar-refractivity contribution in [2.24, 2.45) is 0 Å². The van der Waals surface area contributed by atoms with Crippen molar-refractivity contribution >= 4 is 17.1 Å². The molecule has 7 heteroatoms. The molecule has 4 heterocycles. The first kappa shape index (κ1) is 20.3. The Balaban J connectivity index is 1.31. The first-order valence-corrected chi connectivity index (χ1v) is 11.7. The van der Waals surface area contributed by atoms with Gasteiger partial charge in [0.25, 0.3) is 0 Å². The summed E-state index contributed by atoms with van der Waals surface area (Å²) in [6.45, 7) is 6.61. The number of nitrogens with zero attached hydrogens (tertiary/aromatic N) is 4. The molecule has 1 atom stereocenters. The number of carbonyl (C=O) groups is 1. The van der Waals surface area contributed by atoms with Gasteiger partial charge in [-0.25, -0.2) is 0 Å². The molecule has 1 unspecified atom stereocenters. The molecule has 2 aliphatic heterocycles. The molecule has 2 aliphatic rings. The van der Waals surface area contributed by atoms with Gasteiger partial charge >= 0.3 is 0 Å². The van der Waals surface area contributed by atoms with E-state index >= 15 is 0 Å². The minimum absolute atomic E-state index is 0.115. The number of hydrogen-bond donors (Lipinski definition) is 0. The fourth-order valence-electron chi connectivity index (χ4n) is 4.42. The number of pyridine rings is 1. The van der Waals surface area contributed by atoms with Crippen LogP contribution in [0.3, 0.4) is 0 Å².